The molecule has 0 radical (unpaired) electrons. The van der Waals surface area contributed by atoms with Gasteiger partial charge >= 0.3 is 5.97 Å². The number of hydrogen-bond donors (Lipinski definition) is 0. The highest BCUT2D eigenvalue weighted by atomic mass is 79.9. The van der Waals surface area contributed by atoms with Crippen LogP contribution in [-0.4, -0.2) is 17.4 Å². The molecule has 0 aromatic rings. The predicted octanol–water partition coefficient (Wildman–Crippen LogP) is 3.20. The van der Waals surface area contributed by atoms with Gasteiger partial charge in [0, 0.05) is 10.9 Å². The van der Waals surface area contributed by atoms with E-state index in [1.807, 2.05) is 6.92 Å². The standard InChI is InChI=1S/C11H17BrO2/c1-2-9(8-12)11(13)14-10-6-4-3-5-7-10/h2,10H,3-8H2,1H3/b9-2+. The lowest BCUT2D eigenvalue weighted by molar-refractivity contribution is -0.145. The Morgan fingerprint density at radius 2 is 2.07 bits per heavy atom. The average Bonchev–Trinajstić information content (AvgIpc) is 2.21. The van der Waals surface area contributed by atoms with Gasteiger partial charge < -0.3 is 4.74 Å². The van der Waals surface area contributed by atoms with E-state index in [4.69, 9.17) is 4.74 Å². The fraction of sp³-hybridized carbons (Fsp3) is 0.727. The Labute approximate surface area is 93.8 Å². The molecular formula is C11H17BrO2. The maximum absolute atomic E-state index is 11.6. The van der Waals surface area contributed by atoms with Gasteiger partial charge in [-0.2, -0.15) is 0 Å². The number of halogens is 1. The van der Waals surface area contributed by atoms with Crippen LogP contribution in [0.1, 0.15) is 39.0 Å². The van der Waals surface area contributed by atoms with Crippen LogP contribution in [0.5, 0.6) is 0 Å². The van der Waals surface area contributed by atoms with Crippen molar-refractivity contribution in [2.75, 3.05) is 5.33 Å². The zero-order valence-corrected chi connectivity index (χ0v) is 10.2. The predicted molar refractivity (Wildman–Crippen MR) is 60.5 cm³/mol. The van der Waals surface area contributed by atoms with Crippen LogP contribution in [0.15, 0.2) is 11.6 Å². The minimum absolute atomic E-state index is 0.156. The van der Waals surface area contributed by atoms with Crippen molar-refractivity contribution in [3.05, 3.63) is 11.6 Å². The van der Waals surface area contributed by atoms with Crippen molar-refractivity contribution in [2.24, 2.45) is 0 Å². The van der Waals surface area contributed by atoms with Gasteiger partial charge in [0.05, 0.1) is 0 Å². The third-order valence-corrected chi connectivity index (χ3v) is 3.18. The number of ether oxygens (including phenoxy) is 1. The molecule has 0 aromatic heterocycles. The molecule has 0 aromatic carbocycles. The molecular weight excluding hydrogens is 244 g/mol. The smallest absolute Gasteiger partial charge is 0.334 e. The largest absolute Gasteiger partial charge is 0.459 e. The summed E-state index contributed by atoms with van der Waals surface area (Å²) < 4.78 is 5.40. The van der Waals surface area contributed by atoms with E-state index in [0.29, 0.717) is 5.33 Å². The molecule has 0 unspecified atom stereocenters. The molecule has 1 saturated carbocycles. The van der Waals surface area contributed by atoms with E-state index in [2.05, 4.69) is 15.9 Å². The number of alkyl halides is 1. The quantitative estimate of drug-likeness (QED) is 0.443. The molecule has 80 valence electrons. The molecule has 1 aliphatic rings. The summed E-state index contributed by atoms with van der Waals surface area (Å²) in [6.45, 7) is 1.86. The second-order valence-electron chi connectivity index (χ2n) is 3.61. The van der Waals surface area contributed by atoms with Gasteiger partial charge in [-0.05, 0) is 32.6 Å². The van der Waals surface area contributed by atoms with Crippen molar-refractivity contribution in [3.8, 4) is 0 Å². The zero-order valence-electron chi connectivity index (χ0n) is 8.59. The Hall–Kier alpha value is -0.310. The number of hydrogen-bond acceptors (Lipinski definition) is 2. The van der Waals surface area contributed by atoms with Gasteiger partial charge in [-0.25, -0.2) is 4.79 Å². The van der Waals surface area contributed by atoms with Gasteiger partial charge in [-0.15, -0.1) is 0 Å². The first-order valence-electron chi connectivity index (χ1n) is 5.20. The van der Waals surface area contributed by atoms with E-state index in [-0.39, 0.29) is 12.1 Å². The summed E-state index contributed by atoms with van der Waals surface area (Å²) in [5.41, 5.74) is 0.718. The minimum Gasteiger partial charge on any atom is -0.459 e. The first-order valence-corrected chi connectivity index (χ1v) is 6.32. The Morgan fingerprint density at radius 1 is 1.43 bits per heavy atom. The van der Waals surface area contributed by atoms with Crippen molar-refractivity contribution < 1.29 is 9.53 Å². The molecule has 3 heteroatoms. The van der Waals surface area contributed by atoms with Gasteiger partial charge in [0.2, 0.25) is 0 Å². The molecule has 14 heavy (non-hydrogen) atoms. The molecule has 0 bridgehead atoms. The topological polar surface area (TPSA) is 26.3 Å². The highest BCUT2D eigenvalue weighted by Crippen LogP contribution is 2.21. The highest BCUT2D eigenvalue weighted by Gasteiger charge is 2.19. The summed E-state index contributed by atoms with van der Waals surface area (Å²) >= 11 is 3.27. The van der Waals surface area contributed by atoms with Gasteiger partial charge in [-0.1, -0.05) is 28.4 Å². The first kappa shape index (κ1) is 11.8. The monoisotopic (exact) mass is 260 g/mol. The fourth-order valence-electron chi connectivity index (χ4n) is 1.66. The average molecular weight is 261 g/mol. The SMILES string of the molecule is C/C=C(\CBr)C(=O)OC1CCCCC1. The van der Waals surface area contributed by atoms with Crippen LogP contribution in [0.2, 0.25) is 0 Å². The van der Waals surface area contributed by atoms with Crippen molar-refractivity contribution in [1.82, 2.24) is 0 Å². The zero-order chi connectivity index (χ0) is 10.4. The summed E-state index contributed by atoms with van der Waals surface area (Å²) in [5.74, 6) is -0.156. The van der Waals surface area contributed by atoms with Crippen molar-refractivity contribution in [3.63, 3.8) is 0 Å². The van der Waals surface area contributed by atoms with Crippen LogP contribution < -0.4 is 0 Å². The van der Waals surface area contributed by atoms with E-state index in [1.54, 1.807) is 6.08 Å². The van der Waals surface area contributed by atoms with Crippen LogP contribution in [0.4, 0.5) is 0 Å². The van der Waals surface area contributed by atoms with Crippen molar-refractivity contribution >= 4 is 21.9 Å². The van der Waals surface area contributed by atoms with E-state index in [1.165, 1.54) is 19.3 Å². The molecule has 0 amide bonds. The Kier molecular flexibility index (Phi) is 5.23. The summed E-state index contributed by atoms with van der Waals surface area (Å²) in [7, 11) is 0. The van der Waals surface area contributed by atoms with Crippen molar-refractivity contribution in [2.45, 2.75) is 45.1 Å². The minimum atomic E-state index is -0.156. The molecule has 0 atom stereocenters. The third kappa shape index (κ3) is 3.45. The van der Waals surface area contributed by atoms with Crippen LogP contribution in [0.25, 0.3) is 0 Å². The second kappa shape index (κ2) is 6.23. The van der Waals surface area contributed by atoms with Crippen LogP contribution in [-0.2, 0) is 9.53 Å². The normalized spacial score (nSPS) is 19.4. The number of allylic oxidation sites excluding steroid dienone is 1. The van der Waals surface area contributed by atoms with E-state index >= 15 is 0 Å². The second-order valence-corrected chi connectivity index (χ2v) is 4.17. The number of carbonyl (C=O) groups excluding carboxylic acids is 1. The molecule has 1 fully saturated rings. The van der Waals surface area contributed by atoms with Gasteiger partial charge in [0.25, 0.3) is 0 Å². The summed E-state index contributed by atoms with van der Waals surface area (Å²) in [6.07, 6.45) is 7.69. The van der Waals surface area contributed by atoms with E-state index in [9.17, 15) is 4.79 Å². The molecule has 0 heterocycles. The van der Waals surface area contributed by atoms with Gasteiger partial charge in [0.1, 0.15) is 6.10 Å². The van der Waals surface area contributed by atoms with Gasteiger partial charge in [-0.3, -0.25) is 0 Å². The molecule has 1 rings (SSSR count). The molecule has 2 nitrogen and oxygen atoms in total. The highest BCUT2D eigenvalue weighted by molar-refractivity contribution is 9.09. The van der Waals surface area contributed by atoms with Crippen LogP contribution in [0.3, 0.4) is 0 Å². The summed E-state index contributed by atoms with van der Waals surface area (Å²) in [4.78, 5) is 11.6. The summed E-state index contributed by atoms with van der Waals surface area (Å²) in [6, 6.07) is 0. The lowest BCUT2D eigenvalue weighted by atomic mass is 9.98. The first-order chi connectivity index (χ1) is 6.77. The van der Waals surface area contributed by atoms with E-state index < -0.39 is 0 Å². The fourth-order valence-corrected chi connectivity index (χ4v) is 2.21. The Bertz CT molecular complexity index is 217. The molecule has 0 aliphatic heterocycles. The third-order valence-electron chi connectivity index (χ3n) is 2.58. The maximum atomic E-state index is 11.6. The molecule has 0 N–H and O–H groups in total. The van der Waals surface area contributed by atoms with Crippen molar-refractivity contribution in [1.29, 1.82) is 0 Å². The summed E-state index contributed by atoms with van der Waals surface area (Å²) in [5, 5.41) is 0.578. The number of rotatable bonds is 3. The maximum Gasteiger partial charge on any atom is 0.334 e. The molecule has 0 saturated heterocycles. The van der Waals surface area contributed by atoms with Gasteiger partial charge in [0.15, 0.2) is 0 Å². The molecule has 0 spiro atoms. The lowest BCUT2D eigenvalue weighted by Gasteiger charge is -2.22. The Morgan fingerprint density at radius 3 is 2.57 bits per heavy atom. The number of esters is 1. The van der Waals surface area contributed by atoms with E-state index in [0.717, 1.165) is 18.4 Å². The molecule has 1 aliphatic carbocycles. The number of carbonyl (C=O) groups is 1. The van der Waals surface area contributed by atoms with Crippen LogP contribution in [0, 0.1) is 0 Å². The lowest BCUT2D eigenvalue weighted by Crippen LogP contribution is -2.22. The van der Waals surface area contributed by atoms with Crippen LogP contribution >= 0.6 is 15.9 Å². The Balaban J connectivity index is 2.38.